The Balaban J connectivity index is 2.28. The Bertz CT molecular complexity index is 557. The number of hydrogen-bond acceptors (Lipinski definition) is 3. The number of nitrogen functional groups attached to an aromatic ring is 1. The summed E-state index contributed by atoms with van der Waals surface area (Å²) in [6.07, 6.45) is 1.56. The number of aryl methyl sites for hydroxylation is 1. The van der Waals surface area contributed by atoms with Gasteiger partial charge in [-0.1, -0.05) is 0 Å². The van der Waals surface area contributed by atoms with Crippen molar-refractivity contribution in [1.29, 1.82) is 0 Å². The van der Waals surface area contributed by atoms with Crippen LogP contribution < -0.4 is 11.1 Å². The summed E-state index contributed by atoms with van der Waals surface area (Å²) < 4.78 is 13.9. The largest absolute Gasteiger partial charge is 0.397 e. The molecule has 0 fully saturated rings. The minimum absolute atomic E-state index is 0.222. The highest BCUT2D eigenvalue weighted by Gasteiger charge is 2.04. The van der Waals surface area contributed by atoms with Gasteiger partial charge in [0.25, 0.3) is 0 Å². The van der Waals surface area contributed by atoms with Crippen molar-refractivity contribution in [2.45, 2.75) is 6.92 Å². The lowest BCUT2D eigenvalue weighted by Gasteiger charge is -2.09. The van der Waals surface area contributed by atoms with Gasteiger partial charge >= 0.3 is 0 Å². The molecule has 0 spiro atoms. The molecule has 0 saturated carbocycles. The van der Waals surface area contributed by atoms with Gasteiger partial charge in [0.2, 0.25) is 0 Å². The van der Waals surface area contributed by atoms with Gasteiger partial charge in [0, 0.05) is 5.69 Å². The molecule has 88 valence electrons. The number of nitrogens with two attached hydrogens (primary N) is 1. The maximum atomic E-state index is 13.1. The maximum absolute atomic E-state index is 13.1. The number of hydrogen-bond donors (Lipinski definition) is 2. The third-order valence-corrected chi connectivity index (χ3v) is 2.89. The average molecular weight is 296 g/mol. The van der Waals surface area contributed by atoms with Crippen LogP contribution in [0.4, 0.5) is 21.6 Å². The number of rotatable bonds is 2. The van der Waals surface area contributed by atoms with Gasteiger partial charge in [-0.3, -0.25) is 0 Å². The first-order valence-corrected chi connectivity index (χ1v) is 5.80. The second kappa shape index (κ2) is 4.71. The molecule has 1 heterocycles. The van der Waals surface area contributed by atoms with Crippen molar-refractivity contribution in [2.24, 2.45) is 0 Å². The Morgan fingerprint density at radius 1 is 1.35 bits per heavy atom. The van der Waals surface area contributed by atoms with Crippen molar-refractivity contribution in [1.82, 2.24) is 4.98 Å². The van der Waals surface area contributed by atoms with Crippen molar-refractivity contribution in [3.05, 3.63) is 46.3 Å². The van der Waals surface area contributed by atoms with Crippen molar-refractivity contribution >= 4 is 33.1 Å². The summed E-state index contributed by atoms with van der Waals surface area (Å²) in [6.45, 7) is 1.71. The van der Waals surface area contributed by atoms with E-state index in [0.29, 0.717) is 17.1 Å². The molecule has 0 aliphatic rings. The molecular formula is C12H11BrFN3. The standard InChI is InChI=1S/C12H11BrFN3/c1-7-4-9(2-3-11(7)14)17-12-10(13)5-8(15)6-16-12/h2-6H,15H2,1H3,(H,16,17). The van der Waals surface area contributed by atoms with E-state index in [1.54, 1.807) is 31.3 Å². The van der Waals surface area contributed by atoms with Crippen LogP contribution in [0.25, 0.3) is 0 Å². The Morgan fingerprint density at radius 3 is 2.76 bits per heavy atom. The summed E-state index contributed by atoms with van der Waals surface area (Å²) in [6, 6.07) is 6.56. The van der Waals surface area contributed by atoms with Crippen LogP contribution in [0.2, 0.25) is 0 Å². The van der Waals surface area contributed by atoms with Crippen molar-refractivity contribution in [3.63, 3.8) is 0 Å². The Labute approximate surface area is 107 Å². The molecule has 17 heavy (non-hydrogen) atoms. The normalized spacial score (nSPS) is 10.3. The second-order valence-corrected chi connectivity index (χ2v) is 4.54. The minimum atomic E-state index is -0.222. The summed E-state index contributed by atoms with van der Waals surface area (Å²) in [5, 5.41) is 3.09. The van der Waals surface area contributed by atoms with E-state index < -0.39 is 0 Å². The van der Waals surface area contributed by atoms with Crippen LogP contribution in [0.15, 0.2) is 34.9 Å². The predicted molar refractivity (Wildman–Crippen MR) is 70.8 cm³/mol. The highest BCUT2D eigenvalue weighted by molar-refractivity contribution is 9.10. The van der Waals surface area contributed by atoms with Crippen LogP contribution in [0.1, 0.15) is 5.56 Å². The highest BCUT2D eigenvalue weighted by Crippen LogP contribution is 2.25. The Kier molecular flexibility index (Phi) is 3.28. The molecule has 3 nitrogen and oxygen atoms in total. The number of pyridine rings is 1. The topological polar surface area (TPSA) is 50.9 Å². The molecule has 0 atom stereocenters. The minimum Gasteiger partial charge on any atom is -0.397 e. The summed E-state index contributed by atoms with van der Waals surface area (Å²) in [5.74, 6) is 0.421. The number of aromatic nitrogens is 1. The summed E-state index contributed by atoms with van der Waals surface area (Å²) in [5.41, 5.74) is 7.54. The number of nitrogens with one attached hydrogen (secondary N) is 1. The molecule has 0 amide bonds. The van der Waals surface area contributed by atoms with Crippen molar-refractivity contribution in [3.8, 4) is 0 Å². The van der Waals surface area contributed by atoms with Gasteiger partial charge in [0.1, 0.15) is 11.6 Å². The first kappa shape index (κ1) is 11.9. The van der Waals surface area contributed by atoms with E-state index in [-0.39, 0.29) is 5.82 Å². The van der Waals surface area contributed by atoms with E-state index in [2.05, 4.69) is 26.2 Å². The Morgan fingerprint density at radius 2 is 2.12 bits per heavy atom. The fraction of sp³-hybridized carbons (Fsp3) is 0.0833. The van der Waals surface area contributed by atoms with E-state index in [1.165, 1.54) is 6.07 Å². The molecule has 2 rings (SSSR count). The number of halogens is 2. The third kappa shape index (κ3) is 2.74. The number of anilines is 3. The van der Waals surface area contributed by atoms with Gasteiger partial charge in [-0.25, -0.2) is 9.37 Å². The zero-order chi connectivity index (χ0) is 12.4. The lowest BCUT2D eigenvalue weighted by molar-refractivity contribution is 0.619. The smallest absolute Gasteiger partial charge is 0.144 e. The lowest BCUT2D eigenvalue weighted by Crippen LogP contribution is -1.97. The van der Waals surface area contributed by atoms with Gasteiger partial charge in [0.05, 0.1) is 16.4 Å². The summed E-state index contributed by atoms with van der Waals surface area (Å²) >= 11 is 3.36. The third-order valence-electron chi connectivity index (χ3n) is 2.28. The zero-order valence-corrected chi connectivity index (χ0v) is 10.8. The number of benzene rings is 1. The van der Waals surface area contributed by atoms with E-state index in [4.69, 9.17) is 5.73 Å². The fourth-order valence-electron chi connectivity index (χ4n) is 1.40. The molecule has 5 heteroatoms. The maximum Gasteiger partial charge on any atom is 0.144 e. The van der Waals surface area contributed by atoms with Crippen LogP contribution in [-0.2, 0) is 0 Å². The quantitative estimate of drug-likeness (QED) is 0.890. The molecule has 1 aromatic heterocycles. The predicted octanol–water partition coefficient (Wildman–Crippen LogP) is 3.62. The average Bonchev–Trinajstić information content (AvgIpc) is 2.27. The highest BCUT2D eigenvalue weighted by atomic mass is 79.9. The summed E-state index contributed by atoms with van der Waals surface area (Å²) in [4.78, 5) is 4.15. The molecule has 0 saturated heterocycles. The molecule has 0 radical (unpaired) electrons. The lowest BCUT2D eigenvalue weighted by atomic mass is 10.2. The van der Waals surface area contributed by atoms with Crippen LogP contribution in [0.3, 0.4) is 0 Å². The van der Waals surface area contributed by atoms with Crippen LogP contribution >= 0.6 is 15.9 Å². The van der Waals surface area contributed by atoms with E-state index in [1.807, 2.05) is 0 Å². The first-order valence-electron chi connectivity index (χ1n) is 5.00. The molecule has 0 aliphatic carbocycles. The van der Waals surface area contributed by atoms with Crippen molar-refractivity contribution in [2.75, 3.05) is 11.1 Å². The summed E-state index contributed by atoms with van der Waals surface area (Å²) in [7, 11) is 0. The van der Waals surface area contributed by atoms with Crippen molar-refractivity contribution < 1.29 is 4.39 Å². The van der Waals surface area contributed by atoms with Gasteiger partial charge in [-0.2, -0.15) is 0 Å². The van der Waals surface area contributed by atoms with Crippen LogP contribution in [-0.4, -0.2) is 4.98 Å². The molecule has 2 aromatic rings. The SMILES string of the molecule is Cc1cc(Nc2ncc(N)cc2Br)ccc1F. The fourth-order valence-corrected chi connectivity index (χ4v) is 1.87. The molecule has 0 bridgehead atoms. The molecule has 0 unspecified atom stereocenters. The van der Waals surface area contributed by atoms with E-state index in [0.717, 1.165) is 10.2 Å². The van der Waals surface area contributed by atoms with Gasteiger partial charge in [0.15, 0.2) is 0 Å². The number of nitrogens with zero attached hydrogens (tertiary/aromatic N) is 1. The van der Waals surface area contributed by atoms with Crippen LogP contribution in [0.5, 0.6) is 0 Å². The zero-order valence-electron chi connectivity index (χ0n) is 9.17. The molecule has 3 N–H and O–H groups in total. The molecular weight excluding hydrogens is 285 g/mol. The second-order valence-electron chi connectivity index (χ2n) is 3.69. The van der Waals surface area contributed by atoms with Gasteiger partial charge < -0.3 is 11.1 Å². The molecule has 0 aliphatic heterocycles. The Hall–Kier alpha value is -1.62. The monoisotopic (exact) mass is 295 g/mol. The molecule has 1 aromatic carbocycles. The van der Waals surface area contributed by atoms with E-state index >= 15 is 0 Å². The van der Waals surface area contributed by atoms with Gasteiger partial charge in [-0.15, -0.1) is 0 Å². The van der Waals surface area contributed by atoms with Gasteiger partial charge in [-0.05, 0) is 52.7 Å². The van der Waals surface area contributed by atoms with Crippen LogP contribution in [0, 0.1) is 12.7 Å². The first-order chi connectivity index (χ1) is 8.06. The van der Waals surface area contributed by atoms with E-state index in [9.17, 15) is 4.39 Å².